The molecule has 0 saturated carbocycles. The maximum Gasteiger partial charge on any atom is 0.198 e. The molecule has 4 rings (SSSR count). The predicted molar refractivity (Wildman–Crippen MR) is 78.8 cm³/mol. The van der Waals surface area contributed by atoms with Crippen molar-refractivity contribution in [2.24, 2.45) is 0 Å². The lowest BCUT2D eigenvalue weighted by molar-refractivity contribution is 0.418. The standard InChI is InChI=1S/C18H8F4/c19-15-13-11-7-3-1-5-9(11)10-6-2-4-8-12(10)14(13)16(20)18(22)17(15)21/h1-8H. The van der Waals surface area contributed by atoms with Crippen molar-refractivity contribution in [2.75, 3.05) is 0 Å². The average Bonchev–Trinajstić information content (AvgIpc) is 2.57. The highest BCUT2D eigenvalue weighted by Gasteiger charge is 2.23. The summed E-state index contributed by atoms with van der Waals surface area (Å²) in [6.45, 7) is 0. The Labute approximate surface area is 122 Å². The van der Waals surface area contributed by atoms with Crippen molar-refractivity contribution in [3.63, 3.8) is 0 Å². The molecule has 0 atom stereocenters. The molecule has 0 amide bonds. The normalized spacial score (nSPS) is 11.6. The van der Waals surface area contributed by atoms with E-state index in [9.17, 15) is 17.6 Å². The first kappa shape index (κ1) is 13.1. The second-order valence-electron chi connectivity index (χ2n) is 5.10. The van der Waals surface area contributed by atoms with E-state index in [1.807, 2.05) is 0 Å². The van der Waals surface area contributed by atoms with Gasteiger partial charge in [0.05, 0.1) is 0 Å². The van der Waals surface area contributed by atoms with Crippen molar-refractivity contribution < 1.29 is 17.6 Å². The van der Waals surface area contributed by atoms with E-state index < -0.39 is 23.3 Å². The zero-order valence-corrected chi connectivity index (χ0v) is 11.1. The molecule has 108 valence electrons. The number of hydrogen-bond donors (Lipinski definition) is 0. The van der Waals surface area contributed by atoms with Crippen LogP contribution in [0.2, 0.25) is 0 Å². The molecule has 0 aliphatic carbocycles. The molecule has 0 fully saturated rings. The van der Waals surface area contributed by atoms with Gasteiger partial charge in [-0.2, -0.15) is 0 Å². The molecular formula is C18H8F4. The van der Waals surface area contributed by atoms with Crippen LogP contribution in [0.5, 0.6) is 0 Å². The van der Waals surface area contributed by atoms with Crippen LogP contribution in [-0.4, -0.2) is 0 Å². The summed E-state index contributed by atoms with van der Waals surface area (Å²) in [5, 5.41) is 1.57. The number of halogens is 4. The third-order valence-corrected chi connectivity index (χ3v) is 3.95. The third-order valence-electron chi connectivity index (χ3n) is 3.95. The zero-order chi connectivity index (χ0) is 15.4. The Kier molecular flexibility index (Phi) is 2.64. The van der Waals surface area contributed by atoms with Gasteiger partial charge in [0.1, 0.15) is 0 Å². The van der Waals surface area contributed by atoms with Crippen LogP contribution in [0, 0.1) is 23.3 Å². The second-order valence-corrected chi connectivity index (χ2v) is 5.10. The summed E-state index contributed by atoms with van der Waals surface area (Å²) < 4.78 is 55.9. The second kappa shape index (κ2) is 4.44. The molecule has 0 unspecified atom stereocenters. The summed E-state index contributed by atoms with van der Waals surface area (Å²) in [5.74, 6) is -6.30. The summed E-state index contributed by atoms with van der Waals surface area (Å²) in [4.78, 5) is 0. The third kappa shape index (κ3) is 1.52. The fraction of sp³-hybridized carbons (Fsp3) is 0. The van der Waals surface area contributed by atoms with E-state index in [1.54, 1.807) is 48.5 Å². The molecule has 0 radical (unpaired) electrons. The Balaban J connectivity index is 2.50. The van der Waals surface area contributed by atoms with Gasteiger partial charge in [0.25, 0.3) is 0 Å². The number of hydrogen-bond acceptors (Lipinski definition) is 0. The smallest absolute Gasteiger partial charge is 0.198 e. The van der Waals surface area contributed by atoms with Crippen LogP contribution in [0.3, 0.4) is 0 Å². The van der Waals surface area contributed by atoms with E-state index in [1.165, 1.54) is 0 Å². The molecule has 0 saturated heterocycles. The minimum atomic E-state index is -1.79. The molecule has 4 heteroatoms. The molecule has 0 bridgehead atoms. The maximum atomic E-state index is 14.3. The van der Waals surface area contributed by atoms with Crippen LogP contribution in [0.25, 0.3) is 32.3 Å². The van der Waals surface area contributed by atoms with Gasteiger partial charge in [0.2, 0.25) is 0 Å². The minimum Gasteiger partial charge on any atom is -0.203 e. The molecule has 4 aromatic carbocycles. The van der Waals surface area contributed by atoms with Crippen molar-refractivity contribution in [1.82, 2.24) is 0 Å². The number of fused-ring (bicyclic) bond motifs is 6. The summed E-state index contributed by atoms with van der Waals surface area (Å²) >= 11 is 0. The van der Waals surface area contributed by atoms with Crippen LogP contribution in [0.15, 0.2) is 48.5 Å². The van der Waals surface area contributed by atoms with Crippen molar-refractivity contribution >= 4 is 32.3 Å². The van der Waals surface area contributed by atoms with Gasteiger partial charge in [0, 0.05) is 10.8 Å². The van der Waals surface area contributed by atoms with Crippen LogP contribution in [0.1, 0.15) is 0 Å². The Morgan fingerprint density at radius 1 is 0.409 bits per heavy atom. The highest BCUT2D eigenvalue weighted by Crippen LogP contribution is 2.39. The van der Waals surface area contributed by atoms with E-state index in [0.29, 0.717) is 21.5 Å². The highest BCUT2D eigenvalue weighted by atomic mass is 19.2. The van der Waals surface area contributed by atoms with Gasteiger partial charge in [-0.3, -0.25) is 0 Å². The van der Waals surface area contributed by atoms with Crippen molar-refractivity contribution in [1.29, 1.82) is 0 Å². The fourth-order valence-electron chi connectivity index (χ4n) is 3.01. The van der Waals surface area contributed by atoms with Gasteiger partial charge < -0.3 is 0 Å². The Morgan fingerprint density at radius 2 is 0.727 bits per heavy atom. The molecular weight excluding hydrogens is 292 g/mol. The first-order valence-corrected chi connectivity index (χ1v) is 6.66. The van der Waals surface area contributed by atoms with Gasteiger partial charge in [-0.1, -0.05) is 48.5 Å². The lowest BCUT2D eigenvalue weighted by atomic mass is 9.93. The first-order valence-electron chi connectivity index (χ1n) is 6.66. The fourth-order valence-corrected chi connectivity index (χ4v) is 3.01. The van der Waals surface area contributed by atoms with Crippen molar-refractivity contribution in [3.8, 4) is 0 Å². The topological polar surface area (TPSA) is 0 Å². The molecule has 0 spiro atoms. The van der Waals surface area contributed by atoms with Crippen molar-refractivity contribution in [2.45, 2.75) is 0 Å². The highest BCUT2D eigenvalue weighted by molar-refractivity contribution is 6.25. The van der Waals surface area contributed by atoms with Crippen LogP contribution < -0.4 is 0 Å². The Bertz CT molecular complexity index is 981. The summed E-state index contributed by atoms with van der Waals surface area (Å²) in [6.07, 6.45) is 0. The largest absolute Gasteiger partial charge is 0.203 e. The Hall–Kier alpha value is -2.62. The summed E-state index contributed by atoms with van der Waals surface area (Å²) in [6, 6.07) is 13.5. The molecule has 0 aliphatic rings. The molecule has 0 aromatic heterocycles. The van der Waals surface area contributed by atoms with Crippen molar-refractivity contribution in [3.05, 3.63) is 71.8 Å². The predicted octanol–water partition coefficient (Wildman–Crippen LogP) is 5.70. The molecule has 0 aliphatic heterocycles. The molecule has 0 nitrogen and oxygen atoms in total. The molecule has 22 heavy (non-hydrogen) atoms. The molecule has 0 N–H and O–H groups in total. The summed E-state index contributed by atoms with van der Waals surface area (Å²) in [5.41, 5.74) is 0. The number of benzene rings is 4. The molecule has 0 heterocycles. The van der Waals surface area contributed by atoms with E-state index in [-0.39, 0.29) is 10.8 Å². The summed E-state index contributed by atoms with van der Waals surface area (Å²) in [7, 11) is 0. The van der Waals surface area contributed by atoms with Crippen LogP contribution >= 0.6 is 0 Å². The van der Waals surface area contributed by atoms with E-state index in [4.69, 9.17) is 0 Å². The minimum absolute atomic E-state index is 0.231. The quantitative estimate of drug-likeness (QED) is 0.169. The monoisotopic (exact) mass is 300 g/mol. The van der Waals surface area contributed by atoms with Crippen LogP contribution in [-0.2, 0) is 0 Å². The average molecular weight is 300 g/mol. The van der Waals surface area contributed by atoms with Gasteiger partial charge in [-0.15, -0.1) is 0 Å². The van der Waals surface area contributed by atoms with Gasteiger partial charge >= 0.3 is 0 Å². The van der Waals surface area contributed by atoms with Gasteiger partial charge in [-0.25, -0.2) is 17.6 Å². The Morgan fingerprint density at radius 3 is 1.09 bits per heavy atom. The van der Waals surface area contributed by atoms with Gasteiger partial charge in [0.15, 0.2) is 23.3 Å². The maximum absolute atomic E-state index is 14.3. The van der Waals surface area contributed by atoms with Gasteiger partial charge in [-0.05, 0) is 21.5 Å². The zero-order valence-electron chi connectivity index (χ0n) is 11.1. The first-order chi connectivity index (χ1) is 10.6. The van der Waals surface area contributed by atoms with Crippen LogP contribution in [0.4, 0.5) is 17.6 Å². The van der Waals surface area contributed by atoms with E-state index in [0.717, 1.165) is 0 Å². The SMILES string of the molecule is Fc1c(F)c(F)c2c3ccccc3c3ccccc3c2c1F. The number of rotatable bonds is 0. The van der Waals surface area contributed by atoms with E-state index in [2.05, 4.69) is 0 Å². The lowest BCUT2D eigenvalue weighted by Gasteiger charge is -2.12. The van der Waals surface area contributed by atoms with E-state index >= 15 is 0 Å². The molecule has 4 aromatic rings. The lowest BCUT2D eigenvalue weighted by Crippen LogP contribution is -1.99.